The van der Waals surface area contributed by atoms with Crippen LogP contribution in [0.15, 0.2) is 29.7 Å². The standard InChI is InChI=1S/C14H16F2N4O2S/c1-9(10-4-5-11(15)12(16)6-10)19(2)13(21)7-20-8-17-18-14(20)23(3)22/h4-6,8-9H,7H2,1-3H3/t9-,23+/m1/s1. The Morgan fingerprint density at radius 2 is 2.09 bits per heavy atom. The molecule has 0 aliphatic rings. The molecule has 0 radical (unpaired) electrons. The van der Waals surface area contributed by atoms with Gasteiger partial charge in [-0.3, -0.25) is 13.6 Å². The SMILES string of the molecule is C[C@H](c1ccc(F)c(F)c1)N(C)C(=O)Cn1cnnc1[S@](C)=O. The summed E-state index contributed by atoms with van der Waals surface area (Å²) in [5.74, 6) is -2.19. The second kappa shape index (κ2) is 6.95. The Bertz CT molecular complexity index is 750. The molecular formula is C14H16F2N4O2S. The lowest BCUT2D eigenvalue weighted by atomic mass is 10.1. The van der Waals surface area contributed by atoms with E-state index in [-0.39, 0.29) is 17.6 Å². The molecule has 0 aliphatic carbocycles. The summed E-state index contributed by atoms with van der Waals surface area (Å²) in [6, 6.07) is 3.06. The first-order valence-electron chi connectivity index (χ1n) is 6.73. The highest BCUT2D eigenvalue weighted by Gasteiger charge is 2.20. The van der Waals surface area contributed by atoms with Crippen LogP contribution in [0.5, 0.6) is 0 Å². The lowest BCUT2D eigenvalue weighted by Crippen LogP contribution is -2.33. The number of halogens is 2. The maximum absolute atomic E-state index is 13.3. The van der Waals surface area contributed by atoms with Gasteiger partial charge >= 0.3 is 0 Å². The van der Waals surface area contributed by atoms with Crippen LogP contribution in [0.1, 0.15) is 18.5 Å². The average molecular weight is 342 g/mol. The summed E-state index contributed by atoms with van der Waals surface area (Å²) in [5, 5.41) is 7.54. The van der Waals surface area contributed by atoms with Gasteiger partial charge in [0.05, 0.1) is 16.8 Å². The molecule has 1 aromatic carbocycles. The van der Waals surface area contributed by atoms with Crippen LogP contribution >= 0.6 is 0 Å². The number of amides is 1. The summed E-state index contributed by atoms with van der Waals surface area (Å²) in [6.07, 6.45) is 2.77. The van der Waals surface area contributed by atoms with Crippen LogP contribution in [0.2, 0.25) is 0 Å². The van der Waals surface area contributed by atoms with Crippen molar-refractivity contribution in [3.8, 4) is 0 Å². The van der Waals surface area contributed by atoms with E-state index < -0.39 is 28.5 Å². The lowest BCUT2D eigenvalue weighted by molar-refractivity contribution is -0.132. The van der Waals surface area contributed by atoms with Crippen LogP contribution in [0, 0.1) is 11.6 Å². The molecule has 0 bridgehead atoms. The van der Waals surface area contributed by atoms with Gasteiger partial charge in [-0.05, 0) is 24.6 Å². The van der Waals surface area contributed by atoms with Crippen LogP contribution in [-0.4, -0.2) is 43.1 Å². The summed E-state index contributed by atoms with van der Waals surface area (Å²) in [4.78, 5) is 13.7. The van der Waals surface area contributed by atoms with Gasteiger partial charge in [-0.15, -0.1) is 10.2 Å². The summed E-state index contributed by atoms with van der Waals surface area (Å²) >= 11 is 0. The molecule has 9 heteroatoms. The summed E-state index contributed by atoms with van der Waals surface area (Å²) in [5.41, 5.74) is 0.475. The van der Waals surface area contributed by atoms with Gasteiger partial charge < -0.3 is 4.90 Å². The van der Waals surface area contributed by atoms with Gasteiger partial charge in [0.15, 0.2) is 11.6 Å². The molecule has 0 N–H and O–H groups in total. The number of carbonyl (C=O) groups is 1. The molecule has 0 saturated heterocycles. The third kappa shape index (κ3) is 3.79. The first-order chi connectivity index (χ1) is 10.8. The van der Waals surface area contributed by atoms with Crippen molar-refractivity contribution >= 4 is 16.7 Å². The first-order valence-corrected chi connectivity index (χ1v) is 8.29. The van der Waals surface area contributed by atoms with Gasteiger partial charge in [-0.25, -0.2) is 8.78 Å². The highest BCUT2D eigenvalue weighted by molar-refractivity contribution is 7.84. The van der Waals surface area contributed by atoms with Crippen LogP contribution in [0.4, 0.5) is 8.78 Å². The van der Waals surface area contributed by atoms with E-state index in [0.717, 1.165) is 12.1 Å². The fraction of sp³-hybridized carbons (Fsp3) is 0.357. The van der Waals surface area contributed by atoms with E-state index >= 15 is 0 Å². The Morgan fingerprint density at radius 3 is 2.70 bits per heavy atom. The van der Waals surface area contributed by atoms with Gasteiger partial charge in [0.1, 0.15) is 12.9 Å². The molecule has 124 valence electrons. The van der Waals surface area contributed by atoms with E-state index in [0.29, 0.717) is 5.56 Å². The molecule has 1 aromatic heterocycles. The Balaban J connectivity index is 2.13. The highest BCUT2D eigenvalue weighted by Crippen LogP contribution is 2.21. The maximum atomic E-state index is 13.3. The van der Waals surface area contributed by atoms with Crippen molar-refractivity contribution in [2.75, 3.05) is 13.3 Å². The number of benzene rings is 1. The Kier molecular flexibility index (Phi) is 5.19. The van der Waals surface area contributed by atoms with E-state index in [9.17, 15) is 17.8 Å². The molecule has 1 amide bonds. The van der Waals surface area contributed by atoms with Gasteiger partial charge in [-0.2, -0.15) is 0 Å². The molecule has 23 heavy (non-hydrogen) atoms. The summed E-state index contributed by atoms with van der Waals surface area (Å²) in [6.45, 7) is 1.61. The molecule has 1 heterocycles. The number of likely N-dealkylation sites (N-methyl/N-ethyl adjacent to an activating group) is 1. The van der Waals surface area contributed by atoms with E-state index in [4.69, 9.17) is 0 Å². The van der Waals surface area contributed by atoms with Crippen molar-refractivity contribution < 1.29 is 17.8 Å². The molecule has 2 rings (SSSR count). The number of aromatic nitrogens is 3. The zero-order chi connectivity index (χ0) is 17.1. The fourth-order valence-electron chi connectivity index (χ4n) is 2.04. The normalized spacial score (nSPS) is 13.6. The van der Waals surface area contributed by atoms with Crippen molar-refractivity contribution in [2.45, 2.75) is 24.7 Å². The molecule has 0 fully saturated rings. The minimum absolute atomic E-state index is 0.0908. The van der Waals surface area contributed by atoms with Crippen molar-refractivity contribution in [1.29, 1.82) is 0 Å². The largest absolute Gasteiger partial charge is 0.337 e. The number of rotatable bonds is 5. The second-order valence-electron chi connectivity index (χ2n) is 5.05. The van der Waals surface area contributed by atoms with Gasteiger partial charge in [0.25, 0.3) is 0 Å². The maximum Gasteiger partial charge on any atom is 0.242 e. The molecular weight excluding hydrogens is 326 g/mol. The van der Waals surface area contributed by atoms with Crippen LogP contribution in [-0.2, 0) is 22.1 Å². The number of hydrogen-bond acceptors (Lipinski definition) is 4. The first kappa shape index (κ1) is 17.2. The highest BCUT2D eigenvalue weighted by atomic mass is 32.2. The topological polar surface area (TPSA) is 68.1 Å². The minimum Gasteiger partial charge on any atom is -0.337 e. The van der Waals surface area contributed by atoms with E-state index in [1.807, 2.05) is 0 Å². The Hall–Kier alpha value is -2.16. The Labute approximate surface area is 134 Å². The predicted octanol–water partition coefficient (Wildman–Crippen LogP) is 1.51. The zero-order valence-corrected chi connectivity index (χ0v) is 13.7. The van der Waals surface area contributed by atoms with Gasteiger partial charge in [0.2, 0.25) is 11.1 Å². The van der Waals surface area contributed by atoms with E-state index in [2.05, 4.69) is 10.2 Å². The quantitative estimate of drug-likeness (QED) is 0.826. The van der Waals surface area contributed by atoms with Crippen molar-refractivity contribution in [1.82, 2.24) is 19.7 Å². The van der Waals surface area contributed by atoms with Gasteiger partial charge in [-0.1, -0.05) is 6.07 Å². The molecule has 0 saturated carbocycles. The fourth-order valence-corrected chi connectivity index (χ4v) is 2.65. The predicted molar refractivity (Wildman–Crippen MR) is 79.9 cm³/mol. The van der Waals surface area contributed by atoms with Crippen LogP contribution in [0.3, 0.4) is 0 Å². The van der Waals surface area contributed by atoms with Gasteiger partial charge in [0, 0.05) is 13.3 Å². The van der Waals surface area contributed by atoms with E-state index in [1.165, 1.54) is 28.1 Å². The average Bonchev–Trinajstić information content (AvgIpc) is 2.96. The van der Waals surface area contributed by atoms with Crippen molar-refractivity contribution in [3.05, 3.63) is 41.7 Å². The van der Waals surface area contributed by atoms with E-state index in [1.54, 1.807) is 14.0 Å². The third-order valence-corrected chi connectivity index (χ3v) is 4.37. The summed E-state index contributed by atoms with van der Waals surface area (Å²) < 4.78 is 39.2. The zero-order valence-electron chi connectivity index (χ0n) is 12.9. The molecule has 0 spiro atoms. The second-order valence-corrected chi connectivity index (χ2v) is 6.32. The molecule has 6 nitrogen and oxygen atoms in total. The molecule has 0 aliphatic heterocycles. The number of nitrogens with zero attached hydrogens (tertiary/aromatic N) is 4. The molecule has 2 atom stereocenters. The lowest BCUT2D eigenvalue weighted by Gasteiger charge is -2.25. The van der Waals surface area contributed by atoms with Crippen LogP contribution in [0.25, 0.3) is 0 Å². The van der Waals surface area contributed by atoms with Crippen LogP contribution < -0.4 is 0 Å². The summed E-state index contributed by atoms with van der Waals surface area (Å²) in [7, 11) is 0.193. The molecule has 0 unspecified atom stereocenters. The third-order valence-electron chi connectivity index (χ3n) is 3.54. The van der Waals surface area contributed by atoms with Crippen molar-refractivity contribution in [3.63, 3.8) is 0 Å². The smallest absolute Gasteiger partial charge is 0.242 e. The molecule has 2 aromatic rings. The Morgan fingerprint density at radius 1 is 1.39 bits per heavy atom. The monoisotopic (exact) mass is 342 g/mol. The minimum atomic E-state index is -1.36. The number of carbonyl (C=O) groups excluding carboxylic acids is 1. The number of hydrogen-bond donors (Lipinski definition) is 0. The van der Waals surface area contributed by atoms with Crippen molar-refractivity contribution in [2.24, 2.45) is 0 Å².